The van der Waals surface area contributed by atoms with Gasteiger partial charge in [-0.15, -0.1) is 16.9 Å². The third-order valence-corrected chi connectivity index (χ3v) is 6.32. The molecule has 162 valence electrons. The van der Waals surface area contributed by atoms with Gasteiger partial charge >= 0.3 is 0 Å². The normalized spacial score (nSPS) is 14.2. The maximum Gasteiger partial charge on any atom is 0.276 e. The zero-order chi connectivity index (χ0) is 22.8. The Kier molecular flexibility index (Phi) is 5.58. The fraction of sp³-hybridized carbons (Fsp3) is 0.0800. The molecule has 0 spiro atoms. The van der Waals surface area contributed by atoms with Crippen molar-refractivity contribution in [2.45, 2.75) is 17.7 Å². The molecule has 5 rings (SSSR count). The molecule has 2 aromatic carbocycles. The first-order valence-corrected chi connectivity index (χ1v) is 11.3. The molecule has 7 nitrogen and oxygen atoms in total. The van der Waals surface area contributed by atoms with Crippen molar-refractivity contribution < 1.29 is 4.79 Å². The van der Waals surface area contributed by atoms with E-state index in [-0.39, 0.29) is 17.2 Å². The number of aromatic nitrogens is 2. The van der Waals surface area contributed by atoms with Crippen LogP contribution >= 0.6 is 11.8 Å². The van der Waals surface area contributed by atoms with Crippen molar-refractivity contribution in [2.24, 2.45) is 10.2 Å². The Balaban J connectivity index is 1.55. The second kappa shape index (κ2) is 8.84. The Morgan fingerprint density at radius 1 is 1.03 bits per heavy atom. The highest BCUT2D eigenvalue weighted by atomic mass is 32.2. The van der Waals surface area contributed by atoms with E-state index < -0.39 is 0 Å². The van der Waals surface area contributed by atoms with Gasteiger partial charge in [-0.2, -0.15) is 5.10 Å². The largest absolute Gasteiger partial charge is 0.320 e. The molecule has 33 heavy (non-hydrogen) atoms. The molecule has 1 aliphatic heterocycles. The van der Waals surface area contributed by atoms with Crippen LogP contribution in [0, 0.1) is 6.92 Å². The van der Waals surface area contributed by atoms with Crippen LogP contribution in [-0.2, 0) is 10.5 Å². The lowest BCUT2D eigenvalue weighted by Crippen LogP contribution is -2.21. The average Bonchev–Trinajstić information content (AvgIpc) is 3.15. The summed E-state index contributed by atoms with van der Waals surface area (Å²) in [6.45, 7) is 1.92. The molecule has 0 radical (unpaired) electrons. The van der Waals surface area contributed by atoms with Crippen LogP contribution in [0.25, 0.3) is 5.65 Å². The Hall–Kier alpha value is -4.04. The van der Waals surface area contributed by atoms with E-state index in [1.807, 2.05) is 61.5 Å². The molecule has 0 saturated heterocycles. The predicted molar refractivity (Wildman–Crippen MR) is 131 cm³/mol. The predicted octanol–water partition coefficient (Wildman–Crippen LogP) is 4.07. The molecule has 0 bridgehead atoms. The number of thioether (sulfide) groups is 1. The minimum absolute atomic E-state index is 0.213. The highest BCUT2D eigenvalue weighted by Gasteiger charge is 2.25. The SMILES string of the molecule is Cc1cccn2c(=O)c(C=N/N=C3\C(=O)Nc4ccccc43)c(SCc3ccccc3)nc12. The number of carbonyl (C=O) groups is 1. The molecule has 4 aromatic rings. The lowest BCUT2D eigenvalue weighted by atomic mass is 10.1. The number of hydrogen-bond acceptors (Lipinski definition) is 6. The van der Waals surface area contributed by atoms with Crippen molar-refractivity contribution in [3.05, 3.63) is 106 Å². The number of para-hydroxylation sites is 1. The van der Waals surface area contributed by atoms with Gasteiger partial charge < -0.3 is 5.32 Å². The van der Waals surface area contributed by atoms with Crippen LogP contribution in [0.4, 0.5) is 5.69 Å². The Labute approximate surface area is 193 Å². The monoisotopic (exact) mass is 453 g/mol. The maximum atomic E-state index is 13.3. The number of aryl methyl sites for hydroxylation is 1. The van der Waals surface area contributed by atoms with Gasteiger partial charge in [-0.05, 0) is 30.2 Å². The van der Waals surface area contributed by atoms with E-state index in [1.165, 1.54) is 22.4 Å². The van der Waals surface area contributed by atoms with Crippen molar-refractivity contribution in [3.8, 4) is 0 Å². The van der Waals surface area contributed by atoms with Crippen LogP contribution in [0.5, 0.6) is 0 Å². The Morgan fingerprint density at radius 2 is 1.82 bits per heavy atom. The van der Waals surface area contributed by atoms with Crippen LogP contribution in [0.1, 0.15) is 22.3 Å². The molecular formula is C25H19N5O2S. The Bertz CT molecular complexity index is 1490. The fourth-order valence-corrected chi connectivity index (χ4v) is 4.53. The number of pyridine rings is 1. The molecule has 1 N–H and O–H groups in total. The van der Waals surface area contributed by atoms with Crippen molar-refractivity contribution in [2.75, 3.05) is 5.32 Å². The molecular weight excluding hydrogens is 434 g/mol. The molecule has 1 amide bonds. The molecule has 8 heteroatoms. The zero-order valence-electron chi connectivity index (χ0n) is 17.7. The first-order valence-electron chi connectivity index (χ1n) is 10.3. The number of anilines is 1. The summed E-state index contributed by atoms with van der Waals surface area (Å²) in [5, 5.41) is 11.6. The van der Waals surface area contributed by atoms with Gasteiger partial charge in [-0.25, -0.2) is 4.98 Å². The van der Waals surface area contributed by atoms with E-state index in [9.17, 15) is 9.59 Å². The van der Waals surface area contributed by atoms with Crippen LogP contribution in [0.3, 0.4) is 0 Å². The molecule has 0 saturated carbocycles. The van der Waals surface area contributed by atoms with Crippen LogP contribution in [-0.4, -0.2) is 27.2 Å². The van der Waals surface area contributed by atoms with Gasteiger partial charge in [0.1, 0.15) is 10.7 Å². The van der Waals surface area contributed by atoms with Gasteiger partial charge in [0.25, 0.3) is 11.5 Å². The van der Waals surface area contributed by atoms with E-state index in [0.29, 0.717) is 33.2 Å². The lowest BCUT2D eigenvalue weighted by molar-refractivity contribution is -0.110. The van der Waals surface area contributed by atoms with Crippen molar-refractivity contribution in [3.63, 3.8) is 0 Å². The number of benzene rings is 2. The first kappa shape index (κ1) is 20.8. The lowest BCUT2D eigenvalue weighted by Gasteiger charge is -2.09. The minimum Gasteiger partial charge on any atom is -0.320 e. The number of carbonyl (C=O) groups excluding carboxylic acids is 1. The van der Waals surface area contributed by atoms with E-state index in [1.54, 1.807) is 18.3 Å². The summed E-state index contributed by atoms with van der Waals surface area (Å²) in [5.41, 5.74) is 4.31. The third-order valence-electron chi connectivity index (χ3n) is 5.26. The molecule has 0 unspecified atom stereocenters. The second-order valence-corrected chi connectivity index (χ2v) is 8.45. The maximum absolute atomic E-state index is 13.3. The summed E-state index contributed by atoms with van der Waals surface area (Å²) in [6, 6.07) is 21.0. The average molecular weight is 454 g/mol. The van der Waals surface area contributed by atoms with E-state index in [0.717, 1.165) is 11.1 Å². The molecule has 2 aromatic heterocycles. The number of amides is 1. The summed E-state index contributed by atoms with van der Waals surface area (Å²) < 4.78 is 1.51. The molecule has 0 atom stereocenters. The summed E-state index contributed by atoms with van der Waals surface area (Å²) >= 11 is 1.47. The number of rotatable bonds is 5. The van der Waals surface area contributed by atoms with Gasteiger partial charge in [-0.3, -0.25) is 14.0 Å². The van der Waals surface area contributed by atoms with E-state index >= 15 is 0 Å². The van der Waals surface area contributed by atoms with Crippen LogP contribution < -0.4 is 10.9 Å². The molecule has 1 aliphatic rings. The highest BCUT2D eigenvalue weighted by Crippen LogP contribution is 2.24. The molecule has 3 heterocycles. The number of fused-ring (bicyclic) bond motifs is 2. The summed E-state index contributed by atoms with van der Waals surface area (Å²) in [7, 11) is 0. The standard InChI is InChI=1S/C25H19N5O2S/c1-16-8-7-13-30-22(16)28-24(33-15-17-9-3-2-4-10-17)19(25(30)32)14-26-29-21-18-11-5-6-12-20(18)27-23(21)31/h2-14H,15H2,1H3,(H,27,29,31). The number of nitrogens with one attached hydrogen (secondary N) is 1. The van der Waals surface area contributed by atoms with Crippen LogP contribution in [0.2, 0.25) is 0 Å². The van der Waals surface area contributed by atoms with Gasteiger partial charge in [0.15, 0.2) is 5.71 Å². The number of nitrogens with zero attached hydrogens (tertiary/aromatic N) is 4. The summed E-state index contributed by atoms with van der Waals surface area (Å²) in [5.74, 6) is 0.330. The van der Waals surface area contributed by atoms with Crippen molar-refractivity contribution in [1.29, 1.82) is 0 Å². The zero-order valence-corrected chi connectivity index (χ0v) is 18.5. The minimum atomic E-state index is -0.323. The van der Waals surface area contributed by atoms with E-state index in [2.05, 4.69) is 15.5 Å². The van der Waals surface area contributed by atoms with Crippen molar-refractivity contribution in [1.82, 2.24) is 9.38 Å². The van der Waals surface area contributed by atoms with Gasteiger partial charge in [-0.1, -0.05) is 54.6 Å². The van der Waals surface area contributed by atoms with Gasteiger partial charge in [0.05, 0.1) is 17.5 Å². The summed E-state index contributed by atoms with van der Waals surface area (Å²) in [6.07, 6.45) is 3.08. The quantitative estimate of drug-likeness (QED) is 0.214. The molecule has 0 aliphatic carbocycles. The van der Waals surface area contributed by atoms with Gasteiger partial charge in [0, 0.05) is 17.5 Å². The third kappa shape index (κ3) is 4.08. The Morgan fingerprint density at radius 3 is 2.67 bits per heavy atom. The van der Waals surface area contributed by atoms with Gasteiger partial charge in [0.2, 0.25) is 0 Å². The smallest absolute Gasteiger partial charge is 0.276 e. The number of hydrogen-bond donors (Lipinski definition) is 1. The molecule has 0 fully saturated rings. The highest BCUT2D eigenvalue weighted by molar-refractivity contribution is 7.98. The second-order valence-electron chi connectivity index (χ2n) is 7.49. The first-order chi connectivity index (χ1) is 16.1. The van der Waals surface area contributed by atoms with Crippen LogP contribution in [0.15, 0.2) is 93.0 Å². The van der Waals surface area contributed by atoms with Crippen molar-refractivity contribution >= 4 is 40.9 Å². The van der Waals surface area contributed by atoms with E-state index in [4.69, 9.17) is 4.98 Å². The fourth-order valence-electron chi connectivity index (χ4n) is 3.58. The topological polar surface area (TPSA) is 88.2 Å². The summed E-state index contributed by atoms with van der Waals surface area (Å²) in [4.78, 5) is 30.3.